The van der Waals surface area contributed by atoms with Gasteiger partial charge in [-0.25, -0.2) is 9.37 Å². The second-order valence-electron chi connectivity index (χ2n) is 4.31. The van der Waals surface area contributed by atoms with Crippen LogP contribution in [0.5, 0.6) is 5.75 Å². The first-order valence-electron chi connectivity index (χ1n) is 6.54. The van der Waals surface area contributed by atoms with Gasteiger partial charge >= 0.3 is 0 Å². The predicted molar refractivity (Wildman–Crippen MR) is 79.3 cm³/mol. The van der Waals surface area contributed by atoms with Crippen molar-refractivity contribution in [2.45, 2.75) is 13.3 Å². The Balaban J connectivity index is 2.11. The molecule has 4 nitrogen and oxygen atoms in total. The van der Waals surface area contributed by atoms with E-state index in [-0.39, 0.29) is 5.75 Å². The van der Waals surface area contributed by atoms with Gasteiger partial charge < -0.3 is 15.4 Å². The summed E-state index contributed by atoms with van der Waals surface area (Å²) >= 11 is 0. The molecule has 1 aromatic carbocycles. The van der Waals surface area contributed by atoms with Crippen LogP contribution in [-0.4, -0.2) is 18.6 Å². The zero-order valence-electron chi connectivity index (χ0n) is 11.6. The molecule has 0 bridgehead atoms. The smallest absolute Gasteiger partial charge is 0.167 e. The normalized spacial score (nSPS) is 10.2. The van der Waals surface area contributed by atoms with Crippen LogP contribution in [0.2, 0.25) is 0 Å². The summed E-state index contributed by atoms with van der Waals surface area (Å²) < 4.78 is 18.5. The number of hydrogen-bond acceptors (Lipinski definition) is 4. The van der Waals surface area contributed by atoms with E-state index in [0.29, 0.717) is 11.5 Å². The van der Waals surface area contributed by atoms with Crippen molar-refractivity contribution in [3.05, 3.63) is 42.2 Å². The molecule has 5 heteroatoms. The number of rotatable bonds is 6. The molecule has 0 aliphatic rings. The van der Waals surface area contributed by atoms with Crippen LogP contribution in [-0.2, 0) is 0 Å². The molecule has 1 heterocycles. The highest BCUT2D eigenvalue weighted by Gasteiger charge is 2.04. The van der Waals surface area contributed by atoms with Crippen molar-refractivity contribution in [3.8, 4) is 5.75 Å². The topological polar surface area (TPSA) is 46.2 Å². The van der Waals surface area contributed by atoms with E-state index < -0.39 is 5.82 Å². The largest absolute Gasteiger partial charge is 0.494 e. The second kappa shape index (κ2) is 6.75. The Labute approximate surface area is 118 Å². The summed E-state index contributed by atoms with van der Waals surface area (Å²) in [6.45, 7) is 2.96. The van der Waals surface area contributed by atoms with Crippen LogP contribution in [0.1, 0.15) is 13.3 Å². The first-order chi connectivity index (χ1) is 9.72. The van der Waals surface area contributed by atoms with Gasteiger partial charge in [0.15, 0.2) is 11.6 Å². The number of anilines is 3. The van der Waals surface area contributed by atoms with Crippen LogP contribution in [0.15, 0.2) is 36.4 Å². The average molecular weight is 275 g/mol. The Morgan fingerprint density at radius 2 is 2.00 bits per heavy atom. The standard InChI is InChI=1S/C15H18FN3O/c1-3-9-17-14-5-4-6-15(19-14)18-11-7-8-13(20-2)12(16)10-11/h4-8,10H,3,9H2,1-2H3,(H2,17,18,19). The lowest BCUT2D eigenvalue weighted by atomic mass is 10.3. The van der Waals surface area contributed by atoms with Gasteiger partial charge in [-0.2, -0.15) is 0 Å². The van der Waals surface area contributed by atoms with Gasteiger partial charge in [-0.05, 0) is 30.7 Å². The molecule has 0 saturated heterocycles. The summed E-state index contributed by atoms with van der Waals surface area (Å²) in [4.78, 5) is 4.40. The van der Waals surface area contributed by atoms with Crippen LogP contribution in [0.3, 0.4) is 0 Å². The van der Waals surface area contributed by atoms with Gasteiger partial charge in [0.2, 0.25) is 0 Å². The van der Waals surface area contributed by atoms with Crippen molar-refractivity contribution in [3.63, 3.8) is 0 Å². The zero-order chi connectivity index (χ0) is 14.4. The number of pyridine rings is 1. The molecule has 0 amide bonds. The Kier molecular flexibility index (Phi) is 4.76. The maximum absolute atomic E-state index is 13.6. The van der Waals surface area contributed by atoms with Gasteiger partial charge in [0.1, 0.15) is 11.6 Å². The molecule has 0 aliphatic heterocycles. The monoisotopic (exact) mass is 275 g/mol. The lowest BCUT2D eigenvalue weighted by Crippen LogP contribution is -2.03. The van der Waals surface area contributed by atoms with E-state index in [1.54, 1.807) is 12.1 Å². The number of ether oxygens (including phenoxy) is 1. The molecule has 0 fully saturated rings. The fraction of sp³-hybridized carbons (Fsp3) is 0.267. The highest BCUT2D eigenvalue weighted by Crippen LogP contribution is 2.23. The first-order valence-corrected chi connectivity index (χ1v) is 6.54. The van der Waals surface area contributed by atoms with Crippen LogP contribution < -0.4 is 15.4 Å². The number of nitrogens with zero attached hydrogens (tertiary/aromatic N) is 1. The Bertz CT molecular complexity index is 575. The third kappa shape index (κ3) is 3.60. The summed E-state index contributed by atoms with van der Waals surface area (Å²) in [7, 11) is 1.44. The van der Waals surface area contributed by atoms with Crippen molar-refractivity contribution in [2.24, 2.45) is 0 Å². The zero-order valence-corrected chi connectivity index (χ0v) is 11.6. The fourth-order valence-corrected chi connectivity index (χ4v) is 1.75. The van der Waals surface area contributed by atoms with E-state index in [4.69, 9.17) is 4.74 Å². The number of halogens is 1. The summed E-state index contributed by atoms with van der Waals surface area (Å²) in [5, 5.41) is 6.27. The molecule has 2 N–H and O–H groups in total. The first kappa shape index (κ1) is 14.1. The number of benzene rings is 1. The van der Waals surface area contributed by atoms with E-state index >= 15 is 0 Å². The molecule has 0 radical (unpaired) electrons. The predicted octanol–water partition coefficient (Wildman–Crippen LogP) is 3.79. The Hall–Kier alpha value is -2.30. The molecule has 0 saturated carbocycles. The molecule has 2 aromatic rings. The molecule has 0 unspecified atom stereocenters. The van der Waals surface area contributed by atoms with E-state index in [2.05, 4.69) is 22.5 Å². The van der Waals surface area contributed by atoms with Crippen molar-refractivity contribution >= 4 is 17.3 Å². The van der Waals surface area contributed by atoms with Crippen molar-refractivity contribution in [1.29, 1.82) is 0 Å². The van der Waals surface area contributed by atoms with Crippen LogP contribution in [0.25, 0.3) is 0 Å². The number of aromatic nitrogens is 1. The summed E-state index contributed by atoms with van der Waals surface area (Å²) in [6.07, 6.45) is 1.03. The molecule has 0 spiro atoms. The van der Waals surface area contributed by atoms with E-state index in [0.717, 1.165) is 18.8 Å². The lowest BCUT2D eigenvalue weighted by molar-refractivity contribution is 0.386. The maximum atomic E-state index is 13.6. The quantitative estimate of drug-likeness (QED) is 0.842. The van der Waals surface area contributed by atoms with Gasteiger partial charge in [-0.1, -0.05) is 13.0 Å². The number of hydrogen-bond donors (Lipinski definition) is 2. The summed E-state index contributed by atoms with van der Waals surface area (Å²) in [6, 6.07) is 10.3. The molecule has 0 atom stereocenters. The molecule has 0 aliphatic carbocycles. The van der Waals surface area contributed by atoms with E-state index in [1.807, 2.05) is 18.2 Å². The Morgan fingerprint density at radius 3 is 2.70 bits per heavy atom. The third-order valence-electron chi connectivity index (χ3n) is 2.73. The molecule has 2 rings (SSSR count). The molecule has 20 heavy (non-hydrogen) atoms. The van der Waals surface area contributed by atoms with Crippen LogP contribution in [0, 0.1) is 5.82 Å². The number of methoxy groups -OCH3 is 1. The van der Waals surface area contributed by atoms with Gasteiger partial charge in [-0.15, -0.1) is 0 Å². The summed E-state index contributed by atoms with van der Waals surface area (Å²) in [5.41, 5.74) is 0.628. The van der Waals surface area contributed by atoms with Crippen molar-refractivity contribution in [2.75, 3.05) is 24.3 Å². The van der Waals surface area contributed by atoms with Gasteiger partial charge in [0.05, 0.1) is 7.11 Å². The lowest BCUT2D eigenvalue weighted by Gasteiger charge is -2.09. The maximum Gasteiger partial charge on any atom is 0.167 e. The van der Waals surface area contributed by atoms with Gasteiger partial charge in [-0.3, -0.25) is 0 Å². The van der Waals surface area contributed by atoms with Gasteiger partial charge in [0.25, 0.3) is 0 Å². The average Bonchev–Trinajstić information content (AvgIpc) is 2.46. The van der Waals surface area contributed by atoms with E-state index in [1.165, 1.54) is 13.2 Å². The van der Waals surface area contributed by atoms with Crippen LogP contribution >= 0.6 is 0 Å². The minimum atomic E-state index is -0.405. The minimum absolute atomic E-state index is 0.224. The minimum Gasteiger partial charge on any atom is -0.494 e. The Morgan fingerprint density at radius 1 is 1.20 bits per heavy atom. The number of nitrogens with one attached hydrogen (secondary N) is 2. The van der Waals surface area contributed by atoms with Crippen molar-refractivity contribution in [1.82, 2.24) is 4.98 Å². The third-order valence-corrected chi connectivity index (χ3v) is 2.73. The highest BCUT2D eigenvalue weighted by molar-refractivity contribution is 5.59. The second-order valence-corrected chi connectivity index (χ2v) is 4.31. The van der Waals surface area contributed by atoms with Crippen molar-refractivity contribution < 1.29 is 9.13 Å². The SMILES string of the molecule is CCCNc1cccc(Nc2ccc(OC)c(F)c2)n1. The van der Waals surface area contributed by atoms with Gasteiger partial charge in [0, 0.05) is 18.3 Å². The van der Waals surface area contributed by atoms with Crippen LogP contribution in [0.4, 0.5) is 21.7 Å². The molecular formula is C15H18FN3O. The van der Waals surface area contributed by atoms with E-state index in [9.17, 15) is 4.39 Å². The highest BCUT2D eigenvalue weighted by atomic mass is 19.1. The molecular weight excluding hydrogens is 257 g/mol. The summed E-state index contributed by atoms with van der Waals surface area (Å²) in [5.74, 6) is 1.28. The molecule has 1 aromatic heterocycles. The fourth-order valence-electron chi connectivity index (χ4n) is 1.75. The molecule has 106 valence electrons.